The van der Waals surface area contributed by atoms with Crippen LogP contribution in [-0.2, 0) is 6.42 Å². The predicted molar refractivity (Wildman–Crippen MR) is 94.5 cm³/mol. The summed E-state index contributed by atoms with van der Waals surface area (Å²) in [5.74, 6) is -0.390. The Morgan fingerprint density at radius 3 is 2.44 bits per heavy atom. The van der Waals surface area contributed by atoms with E-state index in [0.29, 0.717) is 17.7 Å². The molecule has 0 spiro atoms. The van der Waals surface area contributed by atoms with Crippen LogP contribution in [0.4, 0.5) is 4.39 Å². The number of rotatable bonds is 6. The first-order chi connectivity index (χ1) is 12.2. The first kappa shape index (κ1) is 16.8. The van der Waals surface area contributed by atoms with Crippen molar-refractivity contribution in [2.45, 2.75) is 12.8 Å². The molecule has 0 unspecified atom stereocenters. The highest BCUT2D eigenvalue weighted by molar-refractivity contribution is 5.93. The van der Waals surface area contributed by atoms with Crippen molar-refractivity contribution in [1.82, 2.24) is 15.3 Å². The van der Waals surface area contributed by atoms with E-state index in [1.54, 1.807) is 12.1 Å². The van der Waals surface area contributed by atoms with Crippen molar-refractivity contribution in [3.05, 3.63) is 84.2 Å². The molecule has 25 heavy (non-hydrogen) atoms. The molecule has 3 aromatic rings. The average Bonchev–Trinajstić information content (AvgIpc) is 2.67. The number of nitrogens with one attached hydrogen (secondary N) is 1. The number of carbonyl (C=O) groups is 1. The van der Waals surface area contributed by atoms with E-state index in [-0.39, 0.29) is 11.7 Å². The lowest BCUT2D eigenvalue weighted by Crippen LogP contribution is -2.25. The highest BCUT2D eigenvalue weighted by Crippen LogP contribution is 2.22. The predicted octanol–water partition coefficient (Wildman–Crippen LogP) is 3.65. The Kier molecular flexibility index (Phi) is 5.46. The second kappa shape index (κ2) is 8.15. The number of amides is 1. The molecule has 0 fully saturated rings. The van der Waals surface area contributed by atoms with Crippen LogP contribution >= 0.6 is 0 Å². The monoisotopic (exact) mass is 335 g/mol. The molecule has 0 bridgehead atoms. The molecular weight excluding hydrogens is 317 g/mol. The quantitative estimate of drug-likeness (QED) is 0.700. The minimum absolute atomic E-state index is 0.171. The van der Waals surface area contributed by atoms with E-state index >= 15 is 0 Å². The summed E-state index contributed by atoms with van der Waals surface area (Å²) in [6.45, 7) is 0.572. The number of aromatic nitrogens is 2. The lowest BCUT2D eigenvalue weighted by molar-refractivity contribution is 0.0952. The van der Waals surface area contributed by atoms with Crippen LogP contribution in [-0.4, -0.2) is 22.4 Å². The van der Waals surface area contributed by atoms with Crippen LogP contribution in [0.1, 0.15) is 22.3 Å². The van der Waals surface area contributed by atoms with Crippen molar-refractivity contribution in [2.75, 3.05) is 6.54 Å². The van der Waals surface area contributed by atoms with Gasteiger partial charge in [-0.05, 0) is 30.0 Å². The summed E-state index contributed by atoms with van der Waals surface area (Å²) in [5, 5.41) is 2.85. The molecule has 3 rings (SSSR count). The third-order valence-corrected chi connectivity index (χ3v) is 3.89. The molecule has 0 saturated carbocycles. The summed E-state index contributed by atoms with van der Waals surface area (Å²) in [4.78, 5) is 19.5. The van der Waals surface area contributed by atoms with Crippen molar-refractivity contribution in [3.8, 4) is 11.1 Å². The van der Waals surface area contributed by atoms with Gasteiger partial charge in [-0.15, -0.1) is 0 Å². The van der Waals surface area contributed by atoms with E-state index in [0.717, 1.165) is 24.0 Å². The Hall–Kier alpha value is -3.08. The standard InChI is InChI=1S/C20H18FN3O/c21-19-6-2-1-5-18(19)16-9-7-15(8-10-16)4-3-11-24-20(25)17-12-22-14-23-13-17/h1-2,5-10,12-14H,3-4,11H2,(H,24,25). The van der Waals surface area contributed by atoms with Gasteiger partial charge in [0.15, 0.2) is 0 Å². The number of halogens is 1. The summed E-state index contributed by atoms with van der Waals surface area (Å²) >= 11 is 0. The zero-order valence-corrected chi connectivity index (χ0v) is 13.7. The molecule has 1 amide bonds. The number of hydrogen-bond acceptors (Lipinski definition) is 3. The molecule has 0 radical (unpaired) electrons. The highest BCUT2D eigenvalue weighted by Gasteiger charge is 2.05. The number of hydrogen-bond donors (Lipinski definition) is 1. The van der Waals surface area contributed by atoms with Crippen LogP contribution in [0.2, 0.25) is 0 Å². The van der Waals surface area contributed by atoms with Gasteiger partial charge in [-0.1, -0.05) is 42.5 Å². The van der Waals surface area contributed by atoms with E-state index in [4.69, 9.17) is 0 Å². The molecule has 5 heteroatoms. The minimum Gasteiger partial charge on any atom is -0.352 e. The normalized spacial score (nSPS) is 10.4. The summed E-state index contributed by atoms with van der Waals surface area (Å²) in [6.07, 6.45) is 6.02. The van der Waals surface area contributed by atoms with Gasteiger partial charge in [0.1, 0.15) is 12.1 Å². The molecule has 1 N–H and O–H groups in total. The van der Waals surface area contributed by atoms with Crippen LogP contribution < -0.4 is 5.32 Å². The van der Waals surface area contributed by atoms with Crippen molar-refractivity contribution in [3.63, 3.8) is 0 Å². The van der Waals surface area contributed by atoms with Gasteiger partial charge >= 0.3 is 0 Å². The summed E-state index contributed by atoms with van der Waals surface area (Å²) in [6, 6.07) is 14.6. The molecule has 0 aliphatic carbocycles. The van der Waals surface area contributed by atoms with E-state index in [2.05, 4.69) is 15.3 Å². The fourth-order valence-corrected chi connectivity index (χ4v) is 2.56. The Morgan fingerprint density at radius 2 is 1.72 bits per heavy atom. The van der Waals surface area contributed by atoms with Crippen LogP contribution in [0.25, 0.3) is 11.1 Å². The van der Waals surface area contributed by atoms with E-state index in [1.807, 2.05) is 30.3 Å². The van der Waals surface area contributed by atoms with Gasteiger partial charge in [-0.2, -0.15) is 0 Å². The molecule has 4 nitrogen and oxygen atoms in total. The van der Waals surface area contributed by atoms with Crippen LogP contribution in [0.3, 0.4) is 0 Å². The van der Waals surface area contributed by atoms with Crippen molar-refractivity contribution >= 4 is 5.91 Å². The molecule has 0 saturated heterocycles. The van der Waals surface area contributed by atoms with E-state index in [9.17, 15) is 9.18 Å². The maximum atomic E-state index is 13.8. The summed E-state index contributed by atoms with van der Waals surface area (Å²) in [7, 11) is 0. The van der Waals surface area contributed by atoms with Crippen LogP contribution in [0, 0.1) is 5.82 Å². The number of nitrogens with zero attached hydrogens (tertiary/aromatic N) is 2. The molecular formula is C20H18FN3O. The number of aryl methyl sites for hydroxylation is 1. The van der Waals surface area contributed by atoms with Crippen LogP contribution in [0.5, 0.6) is 0 Å². The molecule has 0 atom stereocenters. The number of carbonyl (C=O) groups excluding carboxylic acids is 1. The van der Waals surface area contributed by atoms with Crippen molar-refractivity contribution < 1.29 is 9.18 Å². The fourth-order valence-electron chi connectivity index (χ4n) is 2.56. The van der Waals surface area contributed by atoms with E-state index in [1.165, 1.54) is 24.8 Å². The summed E-state index contributed by atoms with van der Waals surface area (Å²) in [5.41, 5.74) is 3.07. The maximum Gasteiger partial charge on any atom is 0.254 e. The first-order valence-electron chi connectivity index (χ1n) is 8.11. The Bertz CT molecular complexity index is 835. The van der Waals surface area contributed by atoms with Crippen LogP contribution in [0.15, 0.2) is 67.3 Å². The van der Waals surface area contributed by atoms with Gasteiger partial charge in [0.2, 0.25) is 0 Å². The first-order valence-corrected chi connectivity index (χ1v) is 8.11. The Balaban J connectivity index is 1.49. The molecule has 0 aliphatic rings. The third kappa shape index (κ3) is 4.47. The van der Waals surface area contributed by atoms with Gasteiger partial charge in [0, 0.05) is 24.5 Å². The lowest BCUT2D eigenvalue weighted by atomic mass is 10.0. The second-order valence-electron chi connectivity index (χ2n) is 5.66. The SMILES string of the molecule is O=C(NCCCc1ccc(-c2ccccc2F)cc1)c1cncnc1. The Labute approximate surface area is 145 Å². The molecule has 0 aliphatic heterocycles. The average molecular weight is 335 g/mol. The smallest absolute Gasteiger partial charge is 0.254 e. The maximum absolute atomic E-state index is 13.8. The zero-order chi connectivity index (χ0) is 17.5. The topological polar surface area (TPSA) is 54.9 Å². The highest BCUT2D eigenvalue weighted by atomic mass is 19.1. The van der Waals surface area contributed by atoms with E-state index < -0.39 is 0 Å². The van der Waals surface area contributed by atoms with Crippen molar-refractivity contribution in [2.24, 2.45) is 0 Å². The van der Waals surface area contributed by atoms with Crippen molar-refractivity contribution in [1.29, 1.82) is 0 Å². The van der Waals surface area contributed by atoms with Gasteiger partial charge in [0.05, 0.1) is 5.56 Å². The number of benzene rings is 2. The minimum atomic E-state index is -0.220. The summed E-state index contributed by atoms with van der Waals surface area (Å²) < 4.78 is 13.8. The molecule has 1 aromatic heterocycles. The zero-order valence-electron chi connectivity index (χ0n) is 13.7. The molecule has 126 valence electrons. The van der Waals surface area contributed by atoms with Gasteiger partial charge in [0.25, 0.3) is 5.91 Å². The van der Waals surface area contributed by atoms with Gasteiger partial charge < -0.3 is 5.32 Å². The fraction of sp³-hybridized carbons (Fsp3) is 0.150. The van der Waals surface area contributed by atoms with Gasteiger partial charge in [-0.3, -0.25) is 4.79 Å². The lowest BCUT2D eigenvalue weighted by Gasteiger charge is -2.07. The Morgan fingerprint density at radius 1 is 1.00 bits per heavy atom. The van der Waals surface area contributed by atoms with Gasteiger partial charge in [-0.25, -0.2) is 14.4 Å². The molecule has 1 heterocycles. The third-order valence-electron chi connectivity index (χ3n) is 3.89. The largest absolute Gasteiger partial charge is 0.352 e. The molecule has 2 aromatic carbocycles. The second-order valence-corrected chi connectivity index (χ2v) is 5.66.